The fourth-order valence-corrected chi connectivity index (χ4v) is 5.49. The fraction of sp³-hybridized carbons (Fsp3) is 0.769. The van der Waals surface area contributed by atoms with Crippen LogP contribution in [0, 0.1) is 19.8 Å². The van der Waals surface area contributed by atoms with Crippen LogP contribution in [-0.4, -0.2) is 40.9 Å². The number of piperidine rings is 1. The second-order valence-corrected chi connectivity index (χ2v) is 8.14. The summed E-state index contributed by atoms with van der Waals surface area (Å²) < 4.78 is 29.0. The highest BCUT2D eigenvalue weighted by Gasteiger charge is 2.33. The zero-order chi connectivity index (χ0) is 14.9. The normalized spacial score (nSPS) is 21.3. The minimum atomic E-state index is -3.42. The summed E-state index contributed by atoms with van der Waals surface area (Å²) in [6.45, 7) is 4.82. The number of aromatic nitrogens is 2. The number of rotatable bonds is 4. The Balaban J connectivity index is 2.30. The van der Waals surface area contributed by atoms with Crippen molar-refractivity contribution >= 4 is 26.0 Å². The first kappa shape index (κ1) is 16.0. The van der Waals surface area contributed by atoms with Gasteiger partial charge >= 0.3 is 0 Å². The van der Waals surface area contributed by atoms with E-state index in [0.29, 0.717) is 35.3 Å². The first-order valence-electron chi connectivity index (χ1n) is 6.94. The summed E-state index contributed by atoms with van der Waals surface area (Å²) in [5.74, 6) is 0.454. The molecule has 1 atom stereocenters. The molecular formula is C13H22BrN3O2S. The Morgan fingerprint density at radius 1 is 1.40 bits per heavy atom. The van der Waals surface area contributed by atoms with Gasteiger partial charge in [-0.2, -0.15) is 9.40 Å². The van der Waals surface area contributed by atoms with Crippen LogP contribution in [0.25, 0.3) is 0 Å². The van der Waals surface area contributed by atoms with Crippen LogP contribution < -0.4 is 0 Å². The number of sulfonamides is 1. The molecule has 114 valence electrons. The summed E-state index contributed by atoms with van der Waals surface area (Å²) >= 11 is 3.45. The van der Waals surface area contributed by atoms with Crippen LogP contribution in [0.15, 0.2) is 4.90 Å². The third-order valence-electron chi connectivity index (χ3n) is 4.04. The Kier molecular flexibility index (Phi) is 4.92. The molecule has 1 aliphatic heterocycles. The van der Waals surface area contributed by atoms with Crippen molar-refractivity contribution < 1.29 is 8.42 Å². The van der Waals surface area contributed by atoms with Crippen LogP contribution >= 0.6 is 15.9 Å². The molecule has 0 spiro atoms. The molecule has 1 saturated heterocycles. The number of alkyl halides is 1. The molecule has 1 unspecified atom stereocenters. The lowest BCUT2D eigenvalue weighted by Gasteiger charge is -2.31. The molecule has 0 saturated carbocycles. The quantitative estimate of drug-likeness (QED) is 0.770. The maximum Gasteiger partial charge on any atom is 0.246 e. The van der Waals surface area contributed by atoms with Crippen molar-refractivity contribution in [3.63, 3.8) is 0 Å². The van der Waals surface area contributed by atoms with Gasteiger partial charge in [-0.25, -0.2) is 8.42 Å². The van der Waals surface area contributed by atoms with Crippen molar-refractivity contribution in [3.05, 3.63) is 11.4 Å². The molecule has 0 aliphatic carbocycles. The highest BCUT2D eigenvalue weighted by molar-refractivity contribution is 9.09. The lowest BCUT2D eigenvalue weighted by atomic mass is 9.97. The van der Waals surface area contributed by atoms with Crippen LogP contribution in [0.4, 0.5) is 0 Å². The van der Waals surface area contributed by atoms with Gasteiger partial charge in [-0.1, -0.05) is 15.9 Å². The maximum absolute atomic E-state index is 12.9. The predicted octanol–water partition coefficient (Wildman–Crippen LogP) is 2.22. The van der Waals surface area contributed by atoms with Gasteiger partial charge in [0.1, 0.15) is 4.90 Å². The van der Waals surface area contributed by atoms with E-state index in [4.69, 9.17) is 0 Å². The van der Waals surface area contributed by atoms with Gasteiger partial charge in [0.2, 0.25) is 10.0 Å². The molecule has 20 heavy (non-hydrogen) atoms. The zero-order valence-corrected chi connectivity index (χ0v) is 14.7. The maximum atomic E-state index is 12.9. The van der Waals surface area contributed by atoms with E-state index in [1.807, 2.05) is 6.92 Å². The summed E-state index contributed by atoms with van der Waals surface area (Å²) in [5.41, 5.74) is 1.30. The second kappa shape index (κ2) is 6.15. The average Bonchev–Trinajstić information content (AvgIpc) is 2.64. The molecular weight excluding hydrogens is 342 g/mol. The molecule has 7 heteroatoms. The van der Waals surface area contributed by atoms with Crippen molar-refractivity contribution in [1.29, 1.82) is 0 Å². The third-order valence-corrected chi connectivity index (χ3v) is 6.62. The van der Waals surface area contributed by atoms with Gasteiger partial charge in [0, 0.05) is 25.5 Å². The van der Waals surface area contributed by atoms with Crippen molar-refractivity contribution in [3.8, 4) is 0 Å². The molecule has 1 fully saturated rings. The van der Waals surface area contributed by atoms with E-state index in [1.165, 1.54) is 0 Å². The van der Waals surface area contributed by atoms with Crippen LogP contribution in [0.5, 0.6) is 0 Å². The molecule has 0 aromatic carbocycles. The monoisotopic (exact) mass is 363 g/mol. The predicted molar refractivity (Wildman–Crippen MR) is 82.6 cm³/mol. The fourth-order valence-electron chi connectivity index (χ4n) is 2.89. The topological polar surface area (TPSA) is 55.2 Å². The number of halogens is 1. The van der Waals surface area contributed by atoms with E-state index < -0.39 is 10.0 Å². The summed E-state index contributed by atoms with van der Waals surface area (Å²) in [4.78, 5) is 0.388. The van der Waals surface area contributed by atoms with Crippen LogP contribution in [-0.2, 0) is 17.1 Å². The molecule has 2 rings (SSSR count). The number of nitrogens with zero attached hydrogens (tertiary/aromatic N) is 3. The molecule has 5 nitrogen and oxygen atoms in total. The van der Waals surface area contributed by atoms with Crippen molar-refractivity contribution in [1.82, 2.24) is 14.1 Å². The highest BCUT2D eigenvalue weighted by atomic mass is 79.9. The van der Waals surface area contributed by atoms with Crippen molar-refractivity contribution in [2.75, 3.05) is 18.4 Å². The number of hydrogen-bond donors (Lipinski definition) is 0. The Morgan fingerprint density at radius 2 is 2.10 bits per heavy atom. The summed E-state index contributed by atoms with van der Waals surface area (Å²) in [5, 5.41) is 5.16. The van der Waals surface area contributed by atoms with E-state index >= 15 is 0 Å². The Bertz CT molecular complexity index is 581. The summed E-state index contributed by atoms with van der Waals surface area (Å²) in [6.07, 6.45) is 3.08. The first-order chi connectivity index (χ1) is 9.37. The van der Waals surface area contributed by atoms with Gasteiger partial charge < -0.3 is 0 Å². The van der Waals surface area contributed by atoms with Gasteiger partial charge in [-0.3, -0.25) is 4.68 Å². The number of aryl methyl sites for hydroxylation is 2. The molecule has 1 aliphatic rings. The van der Waals surface area contributed by atoms with Crippen LogP contribution in [0.3, 0.4) is 0 Å². The minimum Gasteiger partial charge on any atom is -0.271 e. The molecule has 0 amide bonds. The number of hydrogen-bond acceptors (Lipinski definition) is 3. The van der Waals surface area contributed by atoms with Crippen molar-refractivity contribution in [2.45, 2.75) is 38.0 Å². The first-order valence-corrected chi connectivity index (χ1v) is 9.50. The lowest BCUT2D eigenvalue weighted by Crippen LogP contribution is -2.40. The van der Waals surface area contributed by atoms with E-state index in [2.05, 4.69) is 21.0 Å². The molecule has 2 heterocycles. The lowest BCUT2D eigenvalue weighted by molar-refractivity contribution is 0.263. The average molecular weight is 364 g/mol. The molecule has 0 radical (unpaired) electrons. The Morgan fingerprint density at radius 3 is 2.65 bits per heavy atom. The van der Waals surface area contributed by atoms with Crippen molar-refractivity contribution in [2.24, 2.45) is 13.0 Å². The minimum absolute atomic E-state index is 0.388. The Hall–Kier alpha value is -0.400. The molecule has 1 aromatic rings. The standard InChI is InChI=1S/C13H22BrN3O2S/c1-10-13(11(2)16(3)15-10)20(18,19)17-8-4-5-12(9-17)6-7-14/h12H,4-9H2,1-3H3. The molecule has 0 N–H and O–H groups in total. The third kappa shape index (κ3) is 2.94. The Labute approximate surface area is 129 Å². The zero-order valence-electron chi connectivity index (χ0n) is 12.3. The van der Waals surface area contributed by atoms with E-state index in [0.717, 1.165) is 24.6 Å². The van der Waals surface area contributed by atoms with Gasteiger partial charge in [0.05, 0.1) is 11.4 Å². The second-order valence-electron chi connectivity index (χ2n) is 5.47. The van der Waals surface area contributed by atoms with Gasteiger partial charge in [-0.05, 0) is 39.0 Å². The van der Waals surface area contributed by atoms with Gasteiger partial charge in [-0.15, -0.1) is 0 Å². The van der Waals surface area contributed by atoms with E-state index in [9.17, 15) is 8.42 Å². The smallest absolute Gasteiger partial charge is 0.246 e. The van der Waals surface area contributed by atoms with Crippen LogP contribution in [0.2, 0.25) is 0 Å². The van der Waals surface area contributed by atoms with Gasteiger partial charge in [0.25, 0.3) is 0 Å². The van der Waals surface area contributed by atoms with E-state index in [-0.39, 0.29) is 0 Å². The highest BCUT2D eigenvalue weighted by Crippen LogP contribution is 2.28. The molecule has 0 bridgehead atoms. The van der Waals surface area contributed by atoms with E-state index in [1.54, 1.807) is 23.0 Å². The largest absolute Gasteiger partial charge is 0.271 e. The SMILES string of the molecule is Cc1nn(C)c(C)c1S(=O)(=O)N1CCCC(CCBr)C1. The summed E-state index contributed by atoms with van der Waals surface area (Å²) in [7, 11) is -1.64. The van der Waals surface area contributed by atoms with Gasteiger partial charge in [0.15, 0.2) is 0 Å². The van der Waals surface area contributed by atoms with Crippen LogP contribution in [0.1, 0.15) is 30.7 Å². The molecule has 1 aromatic heterocycles. The summed E-state index contributed by atoms with van der Waals surface area (Å²) in [6, 6.07) is 0.